The van der Waals surface area contributed by atoms with Crippen LogP contribution in [-0.4, -0.2) is 15.4 Å². The molecule has 4 rings (SSSR count). The molecule has 1 aliphatic rings. The van der Waals surface area contributed by atoms with Crippen molar-refractivity contribution in [3.63, 3.8) is 0 Å². The fourth-order valence-corrected chi connectivity index (χ4v) is 3.11. The maximum absolute atomic E-state index is 13.9. The van der Waals surface area contributed by atoms with E-state index in [9.17, 15) is 8.78 Å². The third-order valence-electron chi connectivity index (χ3n) is 4.19. The van der Waals surface area contributed by atoms with E-state index >= 15 is 0 Å². The van der Waals surface area contributed by atoms with E-state index in [4.69, 9.17) is 4.52 Å². The Labute approximate surface area is 131 Å². The lowest BCUT2D eigenvalue weighted by Gasteiger charge is -2.22. The number of aromatic nitrogens is 3. The lowest BCUT2D eigenvalue weighted by Crippen LogP contribution is -2.14. The average molecular weight is 313 g/mol. The van der Waals surface area contributed by atoms with Crippen LogP contribution in [-0.2, 0) is 6.42 Å². The zero-order chi connectivity index (χ0) is 15.8. The normalized spacial score (nSPS) is 17.0. The van der Waals surface area contributed by atoms with Gasteiger partial charge < -0.3 is 4.52 Å². The van der Waals surface area contributed by atoms with Crippen molar-refractivity contribution >= 4 is 0 Å². The summed E-state index contributed by atoms with van der Waals surface area (Å²) in [6.45, 7) is 0. The molecule has 1 aromatic carbocycles. The Hall–Kier alpha value is -2.63. The van der Waals surface area contributed by atoms with Gasteiger partial charge in [-0.2, -0.15) is 5.10 Å². The van der Waals surface area contributed by atoms with E-state index in [1.165, 1.54) is 18.2 Å². The van der Waals surface area contributed by atoms with Gasteiger partial charge in [0, 0.05) is 6.07 Å². The van der Waals surface area contributed by atoms with Gasteiger partial charge in [0.1, 0.15) is 17.4 Å². The largest absolute Gasteiger partial charge is 0.361 e. The molecule has 0 fully saturated rings. The topological polar surface area (TPSA) is 51.8 Å². The molecule has 0 saturated carbocycles. The van der Waals surface area contributed by atoms with Crippen LogP contribution >= 0.6 is 0 Å². The molecule has 0 radical (unpaired) electrons. The molecule has 2 heterocycles. The number of benzene rings is 1. The van der Waals surface area contributed by atoms with E-state index in [0.29, 0.717) is 0 Å². The van der Waals surface area contributed by atoms with Crippen LogP contribution in [0, 0.1) is 11.6 Å². The first-order chi connectivity index (χ1) is 11.2. The zero-order valence-corrected chi connectivity index (χ0v) is 12.2. The molecule has 3 aromatic rings. The van der Waals surface area contributed by atoms with E-state index in [-0.39, 0.29) is 17.2 Å². The Kier molecular flexibility index (Phi) is 3.37. The molecule has 0 amide bonds. The molecule has 116 valence electrons. The summed E-state index contributed by atoms with van der Waals surface area (Å²) in [6.07, 6.45) is 4.24. The molecular weight excluding hydrogens is 300 g/mol. The molecule has 6 heteroatoms. The Morgan fingerprint density at radius 3 is 2.65 bits per heavy atom. The Morgan fingerprint density at radius 2 is 1.91 bits per heavy atom. The smallest absolute Gasteiger partial charge is 0.145 e. The monoisotopic (exact) mass is 313 g/mol. The van der Waals surface area contributed by atoms with Crippen LogP contribution in [0.3, 0.4) is 0 Å². The van der Waals surface area contributed by atoms with Gasteiger partial charge in [-0.3, -0.25) is 0 Å². The van der Waals surface area contributed by atoms with Crippen molar-refractivity contribution in [3.05, 3.63) is 65.2 Å². The van der Waals surface area contributed by atoms with Crippen molar-refractivity contribution in [3.8, 4) is 11.3 Å². The highest BCUT2D eigenvalue weighted by molar-refractivity contribution is 5.61. The highest BCUT2D eigenvalue weighted by Crippen LogP contribution is 2.36. The molecule has 1 atom stereocenters. The zero-order valence-electron chi connectivity index (χ0n) is 12.2. The molecule has 0 aliphatic heterocycles. The summed E-state index contributed by atoms with van der Waals surface area (Å²) in [4.78, 5) is 0. The van der Waals surface area contributed by atoms with E-state index < -0.39 is 11.6 Å². The number of aryl methyl sites for hydroxylation is 1. The highest BCUT2D eigenvalue weighted by Gasteiger charge is 2.27. The van der Waals surface area contributed by atoms with Crippen LogP contribution in [0.2, 0.25) is 0 Å². The summed E-state index contributed by atoms with van der Waals surface area (Å²) < 4.78 is 33.1. The van der Waals surface area contributed by atoms with Gasteiger partial charge in [-0.1, -0.05) is 11.2 Å². The van der Waals surface area contributed by atoms with Crippen molar-refractivity contribution in [1.29, 1.82) is 0 Å². The predicted molar refractivity (Wildman–Crippen MR) is 78.7 cm³/mol. The van der Waals surface area contributed by atoms with Crippen molar-refractivity contribution in [1.82, 2.24) is 15.4 Å². The molecule has 1 unspecified atom stereocenters. The van der Waals surface area contributed by atoms with Gasteiger partial charge in [-0.05, 0) is 43.0 Å². The standard InChI is InChI=1S/C17H13F2N3O/c18-12-5-2-6-13(19)16(12)14-9-10-3-1-4-11(17(10)22-21-14)15-7-8-20-23-15/h2,5-9,11H,1,3-4H2. The fourth-order valence-electron chi connectivity index (χ4n) is 3.11. The SMILES string of the molecule is Fc1cccc(F)c1-c1cc2c(nn1)C(c1ccno1)CCC2. The second kappa shape index (κ2) is 5.53. The van der Waals surface area contributed by atoms with Crippen molar-refractivity contribution in [2.24, 2.45) is 0 Å². The number of halogens is 2. The quantitative estimate of drug-likeness (QED) is 0.720. The lowest BCUT2D eigenvalue weighted by molar-refractivity contribution is 0.357. The predicted octanol–water partition coefficient (Wildman–Crippen LogP) is 3.88. The minimum absolute atomic E-state index is 0.00623. The summed E-state index contributed by atoms with van der Waals surface area (Å²) in [5.74, 6) is -0.540. The molecule has 0 N–H and O–H groups in total. The summed E-state index contributed by atoms with van der Waals surface area (Å²) in [5.41, 5.74) is 1.83. The van der Waals surface area contributed by atoms with Gasteiger partial charge in [0.25, 0.3) is 0 Å². The van der Waals surface area contributed by atoms with Gasteiger partial charge in [-0.25, -0.2) is 8.78 Å². The van der Waals surface area contributed by atoms with Crippen LogP contribution in [0.5, 0.6) is 0 Å². The number of hydrogen-bond donors (Lipinski definition) is 0. The van der Waals surface area contributed by atoms with Gasteiger partial charge in [-0.15, -0.1) is 5.10 Å². The van der Waals surface area contributed by atoms with Crippen molar-refractivity contribution < 1.29 is 13.3 Å². The minimum atomic E-state index is -0.637. The molecule has 2 aromatic heterocycles. The van der Waals surface area contributed by atoms with Crippen molar-refractivity contribution in [2.45, 2.75) is 25.2 Å². The average Bonchev–Trinajstić information content (AvgIpc) is 3.08. The fraction of sp³-hybridized carbons (Fsp3) is 0.235. The van der Waals surface area contributed by atoms with Crippen LogP contribution in [0.4, 0.5) is 8.78 Å². The van der Waals surface area contributed by atoms with Crippen molar-refractivity contribution in [2.75, 3.05) is 0 Å². The number of fused-ring (bicyclic) bond motifs is 1. The summed E-state index contributed by atoms with van der Waals surface area (Å²) in [6, 6.07) is 7.31. The third-order valence-corrected chi connectivity index (χ3v) is 4.19. The Balaban J connectivity index is 1.80. The molecule has 0 spiro atoms. The van der Waals surface area contributed by atoms with Gasteiger partial charge in [0.2, 0.25) is 0 Å². The summed E-state index contributed by atoms with van der Waals surface area (Å²) in [7, 11) is 0. The van der Waals surface area contributed by atoms with E-state index in [2.05, 4.69) is 15.4 Å². The molecule has 4 nitrogen and oxygen atoms in total. The summed E-state index contributed by atoms with van der Waals surface area (Å²) in [5, 5.41) is 12.0. The second-order valence-electron chi connectivity index (χ2n) is 5.60. The Bertz CT molecular complexity index is 829. The molecule has 1 aliphatic carbocycles. The number of nitrogens with zero attached hydrogens (tertiary/aromatic N) is 3. The second-order valence-corrected chi connectivity index (χ2v) is 5.60. The summed E-state index contributed by atoms with van der Waals surface area (Å²) >= 11 is 0. The van der Waals surface area contributed by atoms with Crippen LogP contribution < -0.4 is 0 Å². The van der Waals surface area contributed by atoms with Crippen LogP contribution in [0.1, 0.15) is 35.8 Å². The highest BCUT2D eigenvalue weighted by atomic mass is 19.1. The van der Waals surface area contributed by atoms with Gasteiger partial charge in [0.05, 0.1) is 29.1 Å². The third kappa shape index (κ3) is 2.40. The lowest BCUT2D eigenvalue weighted by atomic mass is 9.85. The molecule has 0 bridgehead atoms. The van der Waals surface area contributed by atoms with Gasteiger partial charge in [0.15, 0.2) is 0 Å². The first-order valence-electron chi connectivity index (χ1n) is 7.45. The molecular formula is C17H13F2N3O. The first-order valence-corrected chi connectivity index (χ1v) is 7.45. The minimum Gasteiger partial charge on any atom is -0.361 e. The van der Waals surface area contributed by atoms with Gasteiger partial charge >= 0.3 is 0 Å². The number of rotatable bonds is 2. The van der Waals surface area contributed by atoms with E-state index in [1.54, 1.807) is 12.3 Å². The van der Waals surface area contributed by atoms with E-state index in [0.717, 1.165) is 36.3 Å². The van der Waals surface area contributed by atoms with E-state index in [1.807, 2.05) is 6.07 Å². The Morgan fingerprint density at radius 1 is 1.09 bits per heavy atom. The molecule has 23 heavy (non-hydrogen) atoms. The number of hydrogen-bond acceptors (Lipinski definition) is 4. The maximum Gasteiger partial charge on any atom is 0.145 e. The van der Waals surface area contributed by atoms with Crippen LogP contribution in [0.15, 0.2) is 41.1 Å². The molecule has 0 saturated heterocycles. The van der Waals surface area contributed by atoms with Crippen LogP contribution in [0.25, 0.3) is 11.3 Å². The maximum atomic E-state index is 13.9. The first kappa shape index (κ1) is 14.0.